The first-order valence-electron chi connectivity index (χ1n) is 7.98. The number of nitrogen functional groups attached to an aromatic ring is 1. The first-order chi connectivity index (χ1) is 11.1. The van der Waals surface area contributed by atoms with Gasteiger partial charge >= 0.3 is 0 Å². The number of nitrogens with one attached hydrogen (secondary N) is 1. The van der Waals surface area contributed by atoms with Gasteiger partial charge in [0.25, 0.3) is 0 Å². The molecule has 2 aromatic rings. The van der Waals surface area contributed by atoms with Gasteiger partial charge in [-0.1, -0.05) is 19.1 Å². The van der Waals surface area contributed by atoms with Crippen LogP contribution in [-0.2, 0) is 11.2 Å². The summed E-state index contributed by atoms with van der Waals surface area (Å²) in [7, 11) is 0. The molecule has 0 aromatic heterocycles. The van der Waals surface area contributed by atoms with Crippen molar-refractivity contribution in [1.82, 2.24) is 0 Å². The summed E-state index contributed by atoms with van der Waals surface area (Å²) in [4.78, 5) is 12.0. The van der Waals surface area contributed by atoms with Gasteiger partial charge in [-0.05, 0) is 61.7 Å². The molecule has 4 heteroatoms. The van der Waals surface area contributed by atoms with Crippen LogP contribution >= 0.6 is 0 Å². The van der Waals surface area contributed by atoms with E-state index in [1.807, 2.05) is 55.5 Å². The molecule has 0 aliphatic heterocycles. The summed E-state index contributed by atoms with van der Waals surface area (Å²) < 4.78 is 5.72. The van der Waals surface area contributed by atoms with Crippen LogP contribution < -0.4 is 15.8 Å². The number of hydrogen-bond acceptors (Lipinski definition) is 3. The first kappa shape index (κ1) is 16.9. The molecule has 1 amide bonds. The molecule has 0 fully saturated rings. The monoisotopic (exact) mass is 312 g/mol. The maximum atomic E-state index is 12.0. The predicted octanol–water partition coefficient (Wildman–Crippen LogP) is 4.02. The Bertz CT molecular complexity index is 638. The second-order valence-corrected chi connectivity index (χ2v) is 5.65. The van der Waals surface area contributed by atoms with Crippen LogP contribution in [0.4, 0.5) is 11.4 Å². The Morgan fingerprint density at radius 2 is 1.96 bits per heavy atom. The van der Waals surface area contributed by atoms with Crippen molar-refractivity contribution >= 4 is 17.3 Å². The maximum absolute atomic E-state index is 12.0. The number of rotatable bonds is 7. The molecule has 0 aliphatic carbocycles. The molecule has 0 radical (unpaired) electrons. The molecule has 2 aromatic carbocycles. The minimum absolute atomic E-state index is 0.0111. The lowest BCUT2D eigenvalue weighted by atomic mass is 10.1. The van der Waals surface area contributed by atoms with Crippen LogP contribution in [0.15, 0.2) is 48.5 Å². The van der Waals surface area contributed by atoms with Crippen molar-refractivity contribution in [3.05, 3.63) is 54.1 Å². The van der Waals surface area contributed by atoms with Gasteiger partial charge in [0.05, 0.1) is 6.10 Å². The lowest BCUT2D eigenvalue weighted by Crippen LogP contribution is -2.13. The van der Waals surface area contributed by atoms with Crippen molar-refractivity contribution in [3.8, 4) is 5.75 Å². The van der Waals surface area contributed by atoms with E-state index in [1.165, 1.54) is 0 Å². The van der Waals surface area contributed by atoms with E-state index in [0.717, 1.165) is 29.1 Å². The average Bonchev–Trinajstić information content (AvgIpc) is 2.55. The summed E-state index contributed by atoms with van der Waals surface area (Å²) >= 11 is 0. The van der Waals surface area contributed by atoms with E-state index in [-0.39, 0.29) is 12.0 Å². The average molecular weight is 312 g/mol. The molecule has 0 heterocycles. The molecule has 4 nitrogen and oxygen atoms in total. The third-order valence-electron chi connectivity index (χ3n) is 3.64. The SMILES string of the molecule is CCC(C)Oc1ccc(NC(=O)CCc2cccc(N)c2)cc1. The molecule has 0 saturated carbocycles. The molecule has 0 saturated heterocycles. The summed E-state index contributed by atoms with van der Waals surface area (Å²) in [6.45, 7) is 4.12. The number of aryl methyl sites for hydroxylation is 1. The van der Waals surface area contributed by atoms with Gasteiger partial charge in [0.2, 0.25) is 5.91 Å². The molecular weight excluding hydrogens is 288 g/mol. The van der Waals surface area contributed by atoms with Crippen LogP contribution in [0.3, 0.4) is 0 Å². The minimum Gasteiger partial charge on any atom is -0.491 e. The zero-order chi connectivity index (χ0) is 16.7. The van der Waals surface area contributed by atoms with Crippen LogP contribution in [0, 0.1) is 0 Å². The molecular formula is C19H24N2O2. The zero-order valence-corrected chi connectivity index (χ0v) is 13.7. The third kappa shape index (κ3) is 5.66. The van der Waals surface area contributed by atoms with Gasteiger partial charge in [0, 0.05) is 17.8 Å². The highest BCUT2D eigenvalue weighted by atomic mass is 16.5. The largest absolute Gasteiger partial charge is 0.491 e. The second kappa shape index (κ2) is 8.22. The molecule has 0 bridgehead atoms. The first-order valence-corrected chi connectivity index (χ1v) is 7.98. The summed E-state index contributed by atoms with van der Waals surface area (Å²) in [5, 5.41) is 2.90. The van der Waals surface area contributed by atoms with E-state index in [4.69, 9.17) is 10.5 Å². The van der Waals surface area contributed by atoms with E-state index in [0.29, 0.717) is 12.8 Å². The van der Waals surface area contributed by atoms with Crippen molar-refractivity contribution in [2.45, 2.75) is 39.2 Å². The van der Waals surface area contributed by atoms with Crippen LogP contribution in [0.1, 0.15) is 32.3 Å². The Morgan fingerprint density at radius 1 is 1.22 bits per heavy atom. The summed E-state index contributed by atoms with van der Waals surface area (Å²) in [6.07, 6.45) is 2.25. The molecule has 2 rings (SSSR count). The van der Waals surface area contributed by atoms with Crippen molar-refractivity contribution in [2.75, 3.05) is 11.1 Å². The number of anilines is 2. The maximum Gasteiger partial charge on any atom is 0.224 e. The van der Waals surface area contributed by atoms with Crippen LogP contribution in [0.2, 0.25) is 0 Å². The van der Waals surface area contributed by atoms with Gasteiger partial charge < -0.3 is 15.8 Å². The Hall–Kier alpha value is -2.49. The smallest absolute Gasteiger partial charge is 0.224 e. The van der Waals surface area contributed by atoms with Crippen molar-refractivity contribution in [2.24, 2.45) is 0 Å². The fourth-order valence-electron chi connectivity index (χ4n) is 2.16. The van der Waals surface area contributed by atoms with Gasteiger partial charge in [-0.25, -0.2) is 0 Å². The van der Waals surface area contributed by atoms with Gasteiger partial charge in [0.15, 0.2) is 0 Å². The summed E-state index contributed by atoms with van der Waals surface area (Å²) in [6, 6.07) is 15.1. The van der Waals surface area contributed by atoms with Crippen LogP contribution in [0.5, 0.6) is 5.75 Å². The van der Waals surface area contributed by atoms with Gasteiger partial charge in [-0.15, -0.1) is 0 Å². The number of carbonyl (C=O) groups is 1. The highest BCUT2D eigenvalue weighted by molar-refractivity contribution is 5.90. The summed E-state index contributed by atoms with van der Waals surface area (Å²) in [5.41, 5.74) is 8.30. The zero-order valence-electron chi connectivity index (χ0n) is 13.7. The normalized spacial score (nSPS) is 11.7. The van der Waals surface area contributed by atoms with E-state index in [2.05, 4.69) is 12.2 Å². The van der Waals surface area contributed by atoms with E-state index < -0.39 is 0 Å². The van der Waals surface area contributed by atoms with Gasteiger partial charge in [-0.3, -0.25) is 4.79 Å². The molecule has 23 heavy (non-hydrogen) atoms. The molecule has 0 aliphatic rings. The van der Waals surface area contributed by atoms with E-state index >= 15 is 0 Å². The van der Waals surface area contributed by atoms with Gasteiger partial charge in [-0.2, -0.15) is 0 Å². The molecule has 122 valence electrons. The Balaban J connectivity index is 1.83. The fourth-order valence-corrected chi connectivity index (χ4v) is 2.16. The quantitative estimate of drug-likeness (QED) is 0.759. The molecule has 0 spiro atoms. The standard InChI is InChI=1S/C19H24N2O2/c1-3-14(2)23-18-10-8-17(9-11-18)21-19(22)12-7-15-5-4-6-16(20)13-15/h4-6,8-11,13-14H,3,7,12,20H2,1-2H3,(H,21,22). The highest BCUT2D eigenvalue weighted by Gasteiger charge is 2.05. The minimum atomic E-state index is -0.0111. The van der Waals surface area contributed by atoms with Crippen molar-refractivity contribution < 1.29 is 9.53 Å². The number of benzene rings is 2. The molecule has 1 unspecified atom stereocenters. The number of nitrogens with two attached hydrogens (primary N) is 1. The fraction of sp³-hybridized carbons (Fsp3) is 0.316. The predicted molar refractivity (Wildman–Crippen MR) is 94.6 cm³/mol. The van der Waals surface area contributed by atoms with Crippen LogP contribution in [-0.4, -0.2) is 12.0 Å². The van der Waals surface area contributed by atoms with Crippen molar-refractivity contribution in [3.63, 3.8) is 0 Å². The van der Waals surface area contributed by atoms with E-state index in [1.54, 1.807) is 0 Å². The topological polar surface area (TPSA) is 64.3 Å². The van der Waals surface area contributed by atoms with Crippen molar-refractivity contribution in [1.29, 1.82) is 0 Å². The lowest BCUT2D eigenvalue weighted by Gasteiger charge is -2.13. The van der Waals surface area contributed by atoms with Gasteiger partial charge in [0.1, 0.15) is 5.75 Å². The summed E-state index contributed by atoms with van der Waals surface area (Å²) in [5.74, 6) is 0.806. The second-order valence-electron chi connectivity index (χ2n) is 5.65. The Morgan fingerprint density at radius 3 is 2.61 bits per heavy atom. The van der Waals surface area contributed by atoms with Crippen LogP contribution in [0.25, 0.3) is 0 Å². The number of hydrogen-bond donors (Lipinski definition) is 2. The number of ether oxygens (including phenoxy) is 1. The highest BCUT2D eigenvalue weighted by Crippen LogP contribution is 2.18. The Kier molecular flexibility index (Phi) is 6.03. The number of carbonyl (C=O) groups excluding carboxylic acids is 1. The van der Waals surface area contributed by atoms with E-state index in [9.17, 15) is 4.79 Å². The molecule has 1 atom stereocenters. The molecule has 3 N–H and O–H groups in total. The lowest BCUT2D eigenvalue weighted by molar-refractivity contribution is -0.116. The number of amides is 1. The Labute approximate surface area is 137 Å². The third-order valence-corrected chi connectivity index (χ3v) is 3.64.